The number of aromatic nitrogens is 1. The zero-order valence-corrected chi connectivity index (χ0v) is 18.4. The first-order chi connectivity index (χ1) is 13.1. The number of likely N-dealkylation sites (tertiary alicyclic amines) is 1. The summed E-state index contributed by atoms with van der Waals surface area (Å²) >= 11 is 0. The minimum absolute atomic E-state index is 0. The predicted octanol–water partition coefficient (Wildman–Crippen LogP) is 1.28. The van der Waals surface area contributed by atoms with Crippen molar-refractivity contribution in [3.63, 3.8) is 0 Å². The quantitative estimate of drug-likeness (QED) is 0.525. The van der Waals surface area contributed by atoms with Crippen molar-refractivity contribution >= 4 is 5.97 Å². The Morgan fingerprint density at radius 1 is 1.29 bits per heavy atom. The standard InChI is InChI=1S/C22H26N2O3.Na.H/c25-20-9-4-8-19(14-20)22-18(7-2-1-3-10-21(26)27)11-13-24(22)16-17-6-5-12-23-15-17;;/h1-2,4-6,8-9,12,14-15,18,22,25H,3,7,10-11,13,16H2,(H,26,27);;/q;+1;-1/b2-1-;;. The van der Waals surface area contributed by atoms with E-state index in [9.17, 15) is 9.90 Å². The van der Waals surface area contributed by atoms with Gasteiger partial charge in [-0.1, -0.05) is 30.4 Å². The molecule has 2 aromatic rings. The van der Waals surface area contributed by atoms with Crippen molar-refractivity contribution in [1.29, 1.82) is 0 Å². The Kier molecular flexibility index (Phi) is 9.19. The molecule has 0 bridgehead atoms. The van der Waals surface area contributed by atoms with Crippen LogP contribution in [0.2, 0.25) is 0 Å². The Morgan fingerprint density at radius 3 is 2.86 bits per heavy atom. The molecular weight excluding hydrogens is 363 g/mol. The molecule has 2 unspecified atom stereocenters. The van der Waals surface area contributed by atoms with Crippen molar-refractivity contribution < 1.29 is 46.0 Å². The molecule has 2 N–H and O–H groups in total. The normalized spacial score (nSPS) is 19.6. The number of phenols is 1. The molecule has 0 aliphatic carbocycles. The average Bonchev–Trinajstić information content (AvgIpc) is 3.04. The molecule has 2 heterocycles. The molecule has 5 nitrogen and oxygen atoms in total. The fourth-order valence-electron chi connectivity index (χ4n) is 3.86. The first-order valence-electron chi connectivity index (χ1n) is 9.42. The van der Waals surface area contributed by atoms with Gasteiger partial charge in [-0.05, 0) is 61.1 Å². The number of pyridine rings is 1. The Bertz CT molecular complexity index is 789. The van der Waals surface area contributed by atoms with Gasteiger partial charge in [-0.15, -0.1) is 0 Å². The Hall–Kier alpha value is -1.66. The number of aromatic hydroxyl groups is 1. The van der Waals surface area contributed by atoms with Gasteiger partial charge in [0, 0.05) is 31.4 Å². The summed E-state index contributed by atoms with van der Waals surface area (Å²) in [5.41, 5.74) is 2.31. The summed E-state index contributed by atoms with van der Waals surface area (Å²) in [4.78, 5) is 17.3. The number of carbonyl (C=O) groups is 1. The van der Waals surface area contributed by atoms with E-state index in [2.05, 4.69) is 28.1 Å². The molecule has 0 amide bonds. The zero-order chi connectivity index (χ0) is 19.1. The van der Waals surface area contributed by atoms with Crippen LogP contribution in [0.25, 0.3) is 0 Å². The zero-order valence-electron chi connectivity index (χ0n) is 17.4. The maximum atomic E-state index is 10.6. The summed E-state index contributed by atoms with van der Waals surface area (Å²) < 4.78 is 0. The van der Waals surface area contributed by atoms with Crippen LogP contribution in [0.5, 0.6) is 5.75 Å². The van der Waals surface area contributed by atoms with Gasteiger partial charge >= 0.3 is 35.5 Å². The molecule has 3 rings (SSSR count). The van der Waals surface area contributed by atoms with E-state index in [0.717, 1.165) is 31.5 Å². The largest absolute Gasteiger partial charge is 1.00 e. The van der Waals surface area contributed by atoms with Gasteiger partial charge in [-0.2, -0.15) is 0 Å². The van der Waals surface area contributed by atoms with Crippen LogP contribution in [-0.4, -0.2) is 32.6 Å². The monoisotopic (exact) mass is 390 g/mol. The third-order valence-corrected chi connectivity index (χ3v) is 5.08. The van der Waals surface area contributed by atoms with E-state index in [1.165, 1.54) is 5.56 Å². The van der Waals surface area contributed by atoms with Gasteiger partial charge in [-0.3, -0.25) is 14.7 Å². The van der Waals surface area contributed by atoms with E-state index in [1.807, 2.05) is 30.5 Å². The number of allylic oxidation sites excluding steroid dienone is 2. The molecule has 0 saturated carbocycles. The number of hydrogen-bond donors (Lipinski definition) is 2. The summed E-state index contributed by atoms with van der Waals surface area (Å²) in [6.07, 6.45) is 10.5. The van der Waals surface area contributed by atoms with Gasteiger partial charge in [0.1, 0.15) is 5.75 Å². The van der Waals surface area contributed by atoms with E-state index in [0.29, 0.717) is 12.3 Å². The van der Waals surface area contributed by atoms with Crippen LogP contribution in [0.15, 0.2) is 60.9 Å². The molecule has 2 atom stereocenters. The molecule has 1 aliphatic rings. The molecule has 0 spiro atoms. The SMILES string of the molecule is O=C(O)CC/C=C\CC1CCN(Cc2cccnc2)C1c1cccc(O)c1.[H-].[Na+]. The average molecular weight is 390 g/mol. The first kappa shape index (κ1) is 22.6. The van der Waals surface area contributed by atoms with E-state index < -0.39 is 5.97 Å². The molecule has 1 saturated heterocycles. The van der Waals surface area contributed by atoms with Crippen LogP contribution in [0.4, 0.5) is 0 Å². The summed E-state index contributed by atoms with van der Waals surface area (Å²) in [5, 5.41) is 18.7. The molecule has 6 heteroatoms. The summed E-state index contributed by atoms with van der Waals surface area (Å²) in [5.74, 6) is -0.0400. The number of hydrogen-bond acceptors (Lipinski definition) is 4. The van der Waals surface area contributed by atoms with E-state index in [1.54, 1.807) is 12.3 Å². The molecule has 1 aromatic carbocycles. The van der Waals surface area contributed by atoms with Crippen LogP contribution < -0.4 is 29.6 Å². The minimum Gasteiger partial charge on any atom is -1.00 e. The molecule has 1 fully saturated rings. The van der Waals surface area contributed by atoms with Crippen molar-refractivity contribution in [2.75, 3.05) is 6.54 Å². The van der Waals surface area contributed by atoms with Crippen molar-refractivity contribution in [2.45, 2.75) is 38.3 Å². The van der Waals surface area contributed by atoms with Crippen molar-refractivity contribution in [2.24, 2.45) is 5.92 Å². The smallest absolute Gasteiger partial charge is 1.00 e. The van der Waals surface area contributed by atoms with Crippen LogP contribution in [0.3, 0.4) is 0 Å². The number of carboxylic acid groups (broad SMARTS) is 1. The fraction of sp³-hybridized carbons (Fsp3) is 0.364. The Balaban J connectivity index is 0.00000210. The van der Waals surface area contributed by atoms with E-state index in [4.69, 9.17) is 5.11 Å². The molecule has 28 heavy (non-hydrogen) atoms. The van der Waals surface area contributed by atoms with Crippen molar-refractivity contribution in [3.8, 4) is 5.75 Å². The molecule has 144 valence electrons. The number of benzene rings is 1. The third kappa shape index (κ3) is 6.45. The second-order valence-electron chi connectivity index (χ2n) is 7.06. The van der Waals surface area contributed by atoms with Crippen LogP contribution >= 0.6 is 0 Å². The maximum Gasteiger partial charge on any atom is 1.00 e. The second kappa shape index (κ2) is 11.4. The number of aliphatic carboxylic acids is 1. The number of nitrogens with zero attached hydrogens (tertiary/aromatic N) is 2. The summed E-state index contributed by atoms with van der Waals surface area (Å²) in [6, 6.07) is 11.8. The second-order valence-corrected chi connectivity index (χ2v) is 7.06. The van der Waals surface area contributed by atoms with Gasteiger partial charge in [-0.25, -0.2) is 0 Å². The van der Waals surface area contributed by atoms with Crippen LogP contribution in [0.1, 0.15) is 44.3 Å². The molecule has 1 aliphatic heterocycles. The Morgan fingerprint density at radius 2 is 2.14 bits per heavy atom. The van der Waals surface area contributed by atoms with Crippen molar-refractivity contribution in [3.05, 3.63) is 72.1 Å². The van der Waals surface area contributed by atoms with Gasteiger partial charge < -0.3 is 11.6 Å². The maximum absolute atomic E-state index is 10.6. The minimum atomic E-state index is -0.763. The van der Waals surface area contributed by atoms with Crippen LogP contribution in [-0.2, 0) is 11.3 Å². The predicted molar refractivity (Wildman–Crippen MR) is 105 cm³/mol. The van der Waals surface area contributed by atoms with Gasteiger partial charge in [0.15, 0.2) is 0 Å². The third-order valence-electron chi connectivity index (χ3n) is 5.08. The van der Waals surface area contributed by atoms with Gasteiger partial charge in [0.25, 0.3) is 0 Å². The molecule has 1 aromatic heterocycles. The van der Waals surface area contributed by atoms with Gasteiger partial charge in [0.2, 0.25) is 0 Å². The van der Waals surface area contributed by atoms with Gasteiger partial charge in [0.05, 0.1) is 0 Å². The summed E-state index contributed by atoms with van der Waals surface area (Å²) in [7, 11) is 0. The van der Waals surface area contributed by atoms with E-state index >= 15 is 0 Å². The van der Waals surface area contributed by atoms with E-state index in [-0.39, 0.29) is 49.2 Å². The number of rotatable bonds is 8. The number of phenolic OH excluding ortho intramolecular Hbond substituents is 1. The van der Waals surface area contributed by atoms with Crippen molar-refractivity contribution in [1.82, 2.24) is 9.88 Å². The molecular formula is C22H27N2NaO3. The fourth-order valence-corrected chi connectivity index (χ4v) is 3.86. The Labute approximate surface area is 189 Å². The number of carboxylic acids is 1. The summed E-state index contributed by atoms with van der Waals surface area (Å²) in [6.45, 7) is 1.82. The first-order valence-corrected chi connectivity index (χ1v) is 9.42. The van der Waals surface area contributed by atoms with Crippen LogP contribution in [0, 0.1) is 5.92 Å². The molecule has 0 radical (unpaired) electrons. The topological polar surface area (TPSA) is 73.7 Å².